The minimum Gasteiger partial charge on any atom is -0.482 e. The molecule has 2 atom stereocenters. The molecule has 5 rings (SSSR count). The number of nitrogens with zero attached hydrogens (tertiary/aromatic N) is 1. The van der Waals surface area contributed by atoms with Crippen LogP contribution in [0.4, 0.5) is 4.39 Å². The number of benzene rings is 3. The number of hydrogen-bond acceptors (Lipinski definition) is 3. The third kappa shape index (κ3) is 5.91. The number of amides is 2. The van der Waals surface area contributed by atoms with Gasteiger partial charge in [-0.1, -0.05) is 60.5 Å². The van der Waals surface area contributed by atoms with Crippen LogP contribution >= 0.6 is 0 Å². The first-order valence-electron chi connectivity index (χ1n) is 12.8. The van der Waals surface area contributed by atoms with E-state index in [0.29, 0.717) is 24.4 Å². The largest absolute Gasteiger partial charge is 0.482 e. The van der Waals surface area contributed by atoms with Crippen LogP contribution in [0.15, 0.2) is 78.6 Å². The van der Waals surface area contributed by atoms with Crippen LogP contribution in [0.3, 0.4) is 0 Å². The quantitative estimate of drug-likeness (QED) is 0.439. The van der Waals surface area contributed by atoms with Crippen molar-refractivity contribution in [3.05, 3.63) is 112 Å². The highest BCUT2D eigenvalue weighted by atomic mass is 19.1. The average molecular weight is 499 g/mol. The van der Waals surface area contributed by atoms with Crippen LogP contribution in [0.1, 0.15) is 58.3 Å². The minimum absolute atomic E-state index is 0.000314. The van der Waals surface area contributed by atoms with E-state index in [1.807, 2.05) is 17.0 Å². The third-order valence-electron chi connectivity index (χ3n) is 7.13. The zero-order chi connectivity index (χ0) is 25.8. The van der Waals surface area contributed by atoms with Crippen molar-refractivity contribution >= 4 is 17.9 Å². The van der Waals surface area contributed by atoms with E-state index in [0.717, 1.165) is 42.4 Å². The topological polar surface area (TPSA) is 58.6 Å². The molecule has 5 nitrogen and oxygen atoms in total. The van der Waals surface area contributed by atoms with Crippen LogP contribution in [0.25, 0.3) is 6.08 Å². The molecular weight excluding hydrogens is 467 g/mol. The summed E-state index contributed by atoms with van der Waals surface area (Å²) in [6, 6.07) is 21.5. The molecule has 3 aromatic rings. The van der Waals surface area contributed by atoms with Gasteiger partial charge in [0.1, 0.15) is 11.9 Å². The predicted molar refractivity (Wildman–Crippen MR) is 141 cm³/mol. The number of nitrogens with one attached hydrogen (secondary N) is 1. The van der Waals surface area contributed by atoms with Gasteiger partial charge in [0.2, 0.25) is 0 Å². The summed E-state index contributed by atoms with van der Waals surface area (Å²) < 4.78 is 19.3. The summed E-state index contributed by atoms with van der Waals surface area (Å²) in [6.45, 7) is 2.93. The van der Waals surface area contributed by atoms with E-state index in [9.17, 15) is 14.0 Å². The van der Waals surface area contributed by atoms with Crippen molar-refractivity contribution in [3.8, 4) is 0 Å². The zero-order valence-corrected chi connectivity index (χ0v) is 21.0. The summed E-state index contributed by atoms with van der Waals surface area (Å²) in [5.41, 5.74) is 4.43. The second kappa shape index (κ2) is 11.0. The first-order valence-corrected chi connectivity index (χ1v) is 12.8. The van der Waals surface area contributed by atoms with Crippen molar-refractivity contribution in [3.63, 3.8) is 0 Å². The van der Waals surface area contributed by atoms with Gasteiger partial charge in [-0.15, -0.1) is 0 Å². The number of fused-ring (bicyclic) bond motifs is 1. The Kier molecular flexibility index (Phi) is 7.35. The lowest BCUT2D eigenvalue weighted by molar-refractivity contribution is -0.149. The highest BCUT2D eigenvalue weighted by Crippen LogP contribution is 2.34. The maximum Gasteiger partial charge on any atom is 0.289 e. The smallest absolute Gasteiger partial charge is 0.289 e. The van der Waals surface area contributed by atoms with Crippen LogP contribution in [-0.4, -0.2) is 28.9 Å². The number of carbonyl (C=O) groups excluding carboxylic acids is 2. The fraction of sp³-hybridized carbons (Fsp3) is 0.290. The molecule has 0 radical (unpaired) electrons. The third-order valence-corrected chi connectivity index (χ3v) is 7.13. The van der Waals surface area contributed by atoms with Gasteiger partial charge < -0.3 is 15.0 Å². The molecule has 3 aromatic carbocycles. The lowest BCUT2D eigenvalue weighted by Gasteiger charge is -2.44. The second-order valence-electron chi connectivity index (χ2n) is 9.87. The molecule has 6 heteroatoms. The maximum atomic E-state index is 13.5. The van der Waals surface area contributed by atoms with E-state index < -0.39 is 0 Å². The Balaban J connectivity index is 1.29. The molecule has 1 heterocycles. The van der Waals surface area contributed by atoms with Crippen LogP contribution in [-0.2, 0) is 22.6 Å². The SMILES string of the molecule is Cc1ccc(CN2C(=O)/C(=C\c3ccc(C(=O)NCc4ccc(F)cc4)cc3)OC3CCCCC32)cc1. The molecule has 37 heavy (non-hydrogen) atoms. The van der Waals surface area contributed by atoms with E-state index in [2.05, 4.69) is 36.5 Å². The van der Waals surface area contributed by atoms with E-state index in [-0.39, 0.29) is 29.8 Å². The molecule has 2 amide bonds. The van der Waals surface area contributed by atoms with Crippen molar-refractivity contribution in [1.82, 2.24) is 10.2 Å². The number of hydrogen-bond donors (Lipinski definition) is 1. The zero-order valence-electron chi connectivity index (χ0n) is 21.0. The number of rotatable bonds is 6. The molecule has 190 valence electrons. The van der Waals surface area contributed by atoms with Crippen LogP contribution in [0.2, 0.25) is 0 Å². The summed E-state index contributed by atoms with van der Waals surface area (Å²) in [7, 11) is 0. The maximum absolute atomic E-state index is 13.5. The normalized spacial score (nSPS) is 20.3. The Labute approximate surface area is 217 Å². The molecule has 1 saturated carbocycles. The summed E-state index contributed by atoms with van der Waals surface area (Å²) in [5.74, 6) is -0.269. The van der Waals surface area contributed by atoms with Gasteiger partial charge in [0.15, 0.2) is 5.76 Å². The van der Waals surface area contributed by atoms with Crippen molar-refractivity contribution in [2.75, 3.05) is 0 Å². The Morgan fingerprint density at radius 2 is 1.65 bits per heavy atom. The summed E-state index contributed by atoms with van der Waals surface area (Å²) >= 11 is 0. The van der Waals surface area contributed by atoms with Crippen molar-refractivity contribution < 1.29 is 18.7 Å². The molecule has 2 fully saturated rings. The monoisotopic (exact) mass is 498 g/mol. The summed E-state index contributed by atoms with van der Waals surface area (Å²) in [4.78, 5) is 28.0. The Morgan fingerprint density at radius 1 is 0.973 bits per heavy atom. The lowest BCUT2D eigenvalue weighted by Crippen LogP contribution is -2.54. The number of morpholine rings is 1. The van der Waals surface area contributed by atoms with Gasteiger partial charge in [0, 0.05) is 18.7 Å². The van der Waals surface area contributed by atoms with Crippen molar-refractivity contribution in [1.29, 1.82) is 0 Å². The van der Waals surface area contributed by atoms with Crippen LogP contribution in [0, 0.1) is 12.7 Å². The van der Waals surface area contributed by atoms with Crippen LogP contribution in [0.5, 0.6) is 0 Å². The van der Waals surface area contributed by atoms with E-state index in [1.54, 1.807) is 30.3 Å². The Hall–Kier alpha value is -3.93. The molecule has 1 aliphatic carbocycles. The van der Waals surface area contributed by atoms with Gasteiger partial charge in [-0.05, 0) is 73.2 Å². The molecule has 0 bridgehead atoms. The van der Waals surface area contributed by atoms with E-state index in [4.69, 9.17) is 4.74 Å². The highest BCUT2D eigenvalue weighted by molar-refractivity contribution is 5.97. The van der Waals surface area contributed by atoms with Crippen molar-refractivity contribution in [2.24, 2.45) is 0 Å². The fourth-order valence-corrected chi connectivity index (χ4v) is 5.02. The first-order chi connectivity index (χ1) is 18.0. The van der Waals surface area contributed by atoms with Crippen molar-refractivity contribution in [2.45, 2.75) is 57.8 Å². The number of halogens is 1. The Morgan fingerprint density at radius 3 is 2.38 bits per heavy atom. The van der Waals surface area contributed by atoms with Gasteiger partial charge in [0.25, 0.3) is 11.8 Å². The standard InChI is InChI=1S/C31H31FN2O3/c1-21-6-8-24(9-7-21)20-34-27-4-2-3-5-28(27)37-29(31(34)36)18-22-10-14-25(15-11-22)30(35)33-19-23-12-16-26(32)17-13-23/h6-18,27-28H,2-5,19-20H2,1H3,(H,33,35)/b29-18+. The van der Waals surface area contributed by atoms with Gasteiger partial charge >= 0.3 is 0 Å². The fourth-order valence-electron chi connectivity index (χ4n) is 5.02. The molecule has 1 N–H and O–H groups in total. The first kappa shape index (κ1) is 24.8. The molecule has 2 unspecified atom stereocenters. The number of ether oxygens (including phenoxy) is 1. The molecule has 0 aromatic heterocycles. The average Bonchev–Trinajstić information content (AvgIpc) is 2.92. The molecule has 2 aliphatic rings. The lowest BCUT2D eigenvalue weighted by atomic mass is 9.89. The van der Waals surface area contributed by atoms with E-state index >= 15 is 0 Å². The van der Waals surface area contributed by atoms with Gasteiger partial charge in [-0.25, -0.2) is 4.39 Å². The van der Waals surface area contributed by atoms with Gasteiger partial charge in [-0.2, -0.15) is 0 Å². The highest BCUT2D eigenvalue weighted by Gasteiger charge is 2.41. The molecule has 1 saturated heterocycles. The minimum atomic E-state index is -0.308. The van der Waals surface area contributed by atoms with Gasteiger partial charge in [-0.3, -0.25) is 9.59 Å². The summed E-state index contributed by atoms with van der Waals surface area (Å²) in [5, 5.41) is 2.84. The van der Waals surface area contributed by atoms with E-state index in [1.165, 1.54) is 17.7 Å². The predicted octanol–water partition coefficient (Wildman–Crippen LogP) is 5.78. The van der Waals surface area contributed by atoms with Gasteiger partial charge in [0.05, 0.1) is 6.04 Å². The number of carbonyl (C=O) groups is 2. The second-order valence-corrected chi connectivity index (χ2v) is 9.87. The van der Waals surface area contributed by atoms with Crippen LogP contribution < -0.4 is 5.32 Å². The molecular formula is C31H31FN2O3. The molecule has 1 aliphatic heterocycles. The molecule has 0 spiro atoms. The Bertz CT molecular complexity index is 1280. The number of aryl methyl sites for hydroxylation is 1. The summed E-state index contributed by atoms with van der Waals surface area (Å²) in [6.07, 6.45) is 5.87.